The predicted molar refractivity (Wildman–Crippen MR) is 99.9 cm³/mol. The van der Waals surface area contributed by atoms with Crippen molar-refractivity contribution in [2.45, 2.75) is 25.1 Å². The van der Waals surface area contributed by atoms with Crippen LogP contribution in [0.2, 0.25) is 0 Å². The molecule has 2 aliphatic rings. The number of aromatic nitrogens is 2. The molecule has 3 heterocycles. The van der Waals surface area contributed by atoms with Crippen LogP contribution >= 0.6 is 0 Å². The fourth-order valence-corrected chi connectivity index (χ4v) is 3.27. The summed E-state index contributed by atoms with van der Waals surface area (Å²) in [5.74, 6) is 6.35. The van der Waals surface area contributed by atoms with Crippen molar-refractivity contribution in [3.8, 4) is 11.8 Å². The first-order valence-electron chi connectivity index (χ1n) is 9.55. The summed E-state index contributed by atoms with van der Waals surface area (Å²) in [6, 6.07) is 0.889. The van der Waals surface area contributed by atoms with Crippen LogP contribution in [0.25, 0.3) is 0 Å². The van der Waals surface area contributed by atoms with Crippen molar-refractivity contribution in [3.63, 3.8) is 0 Å². The molecule has 1 aromatic heterocycles. The van der Waals surface area contributed by atoms with Gasteiger partial charge in [-0.1, -0.05) is 11.8 Å². The fourth-order valence-electron chi connectivity index (χ4n) is 3.27. The van der Waals surface area contributed by atoms with Gasteiger partial charge < -0.3 is 14.5 Å². The van der Waals surface area contributed by atoms with Crippen LogP contribution in [0.5, 0.6) is 0 Å². The second-order valence-corrected chi connectivity index (χ2v) is 7.17. The lowest BCUT2D eigenvalue weighted by atomic mass is 10.1. The van der Waals surface area contributed by atoms with Gasteiger partial charge in [-0.2, -0.15) is 13.2 Å². The third-order valence-electron chi connectivity index (χ3n) is 5.07. The van der Waals surface area contributed by atoms with E-state index in [1.165, 1.54) is 0 Å². The topological polar surface area (TPSA) is 44.7 Å². The molecule has 9 heteroatoms. The van der Waals surface area contributed by atoms with Crippen LogP contribution < -0.4 is 4.90 Å². The summed E-state index contributed by atoms with van der Waals surface area (Å²) in [6.45, 7) is 6.53. The Labute approximate surface area is 163 Å². The summed E-state index contributed by atoms with van der Waals surface area (Å²) in [6.07, 6.45) is -1.79. The van der Waals surface area contributed by atoms with Gasteiger partial charge in [0.05, 0.1) is 12.6 Å². The maximum Gasteiger partial charge on any atom is 0.433 e. The van der Waals surface area contributed by atoms with E-state index in [2.05, 4.69) is 38.7 Å². The third-order valence-corrected chi connectivity index (χ3v) is 5.07. The van der Waals surface area contributed by atoms with Gasteiger partial charge in [0, 0.05) is 45.5 Å². The molecule has 28 heavy (non-hydrogen) atoms. The monoisotopic (exact) mass is 397 g/mol. The summed E-state index contributed by atoms with van der Waals surface area (Å²) >= 11 is 0. The normalized spacial score (nSPS) is 20.1. The van der Waals surface area contributed by atoms with Crippen molar-refractivity contribution in [1.29, 1.82) is 0 Å². The van der Waals surface area contributed by atoms with Crippen LogP contribution in [0.15, 0.2) is 12.3 Å². The van der Waals surface area contributed by atoms with Gasteiger partial charge in [0.2, 0.25) is 5.95 Å². The second kappa shape index (κ2) is 9.54. The lowest BCUT2D eigenvalue weighted by Crippen LogP contribution is -2.44. The summed E-state index contributed by atoms with van der Waals surface area (Å²) in [4.78, 5) is 14.0. The Morgan fingerprint density at radius 2 is 1.82 bits per heavy atom. The van der Waals surface area contributed by atoms with Crippen LogP contribution in [0.1, 0.15) is 18.5 Å². The van der Waals surface area contributed by atoms with Crippen molar-refractivity contribution in [2.75, 3.05) is 64.4 Å². The maximum absolute atomic E-state index is 12.8. The van der Waals surface area contributed by atoms with E-state index in [0.717, 1.165) is 57.8 Å². The predicted octanol–water partition coefficient (Wildman–Crippen LogP) is 1.73. The molecular formula is C19H26F3N5O. The Hall–Kier alpha value is -1.89. The highest BCUT2D eigenvalue weighted by Crippen LogP contribution is 2.28. The van der Waals surface area contributed by atoms with E-state index in [-0.39, 0.29) is 12.1 Å². The quantitative estimate of drug-likeness (QED) is 0.722. The van der Waals surface area contributed by atoms with E-state index < -0.39 is 11.9 Å². The Bertz CT molecular complexity index is 687. The molecule has 1 aromatic rings. The number of ether oxygens (including phenoxy) is 1. The number of hydrogen-bond donors (Lipinski definition) is 0. The number of piperazine rings is 1. The number of halogens is 3. The summed E-state index contributed by atoms with van der Waals surface area (Å²) in [5.41, 5.74) is -0.911. The molecule has 0 N–H and O–H groups in total. The first-order valence-corrected chi connectivity index (χ1v) is 9.55. The van der Waals surface area contributed by atoms with Crippen LogP contribution in [-0.2, 0) is 10.9 Å². The molecule has 6 nitrogen and oxygen atoms in total. The Morgan fingerprint density at radius 1 is 1.11 bits per heavy atom. The average Bonchev–Trinajstić information content (AvgIpc) is 2.69. The number of piperidine rings is 1. The standard InChI is InChI=1S/C19H26F3N5O/c1-25-11-13-26(14-12-25)8-2-3-15-28-16-5-9-27(10-6-16)18-23-7-4-17(24-18)19(20,21)22/h4,7,16H,5-6,8-15H2,1H3. The summed E-state index contributed by atoms with van der Waals surface area (Å²) in [7, 11) is 2.13. The Balaban J connectivity index is 1.37. The molecule has 0 atom stereocenters. The molecule has 0 unspecified atom stereocenters. The number of rotatable bonds is 4. The van der Waals surface area contributed by atoms with Gasteiger partial charge in [-0.3, -0.25) is 4.90 Å². The number of likely N-dealkylation sites (N-methyl/N-ethyl adjacent to an activating group) is 1. The summed E-state index contributed by atoms with van der Waals surface area (Å²) in [5, 5.41) is 0. The molecule has 0 saturated carbocycles. The lowest BCUT2D eigenvalue weighted by molar-refractivity contribution is -0.141. The number of anilines is 1. The van der Waals surface area contributed by atoms with Crippen molar-refractivity contribution >= 4 is 5.95 Å². The molecule has 0 aromatic carbocycles. The second-order valence-electron chi connectivity index (χ2n) is 7.17. The van der Waals surface area contributed by atoms with Crippen LogP contribution in [-0.4, -0.2) is 85.3 Å². The molecule has 154 valence electrons. The molecule has 0 aliphatic carbocycles. The zero-order valence-electron chi connectivity index (χ0n) is 16.1. The van der Waals surface area contributed by atoms with E-state index in [1.807, 2.05) is 0 Å². The highest BCUT2D eigenvalue weighted by atomic mass is 19.4. The first-order chi connectivity index (χ1) is 13.4. The number of hydrogen-bond acceptors (Lipinski definition) is 6. The summed E-state index contributed by atoms with van der Waals surface area (Å²) < 4.78 is 44.2. The highest BCUT2D eigenvalue weighted by molar-refractivity contribution is 5.31. The molecule has 2 saturated heterocycles. The average molecular weight is 397 g/mol. The van der Waals surface area contributed by atoms with Gasteiger partial charge in [-0.05, 0) is 26.0 Å². The molecule has 0 radical (unpaired) electrons. The van der Waals surface area contributed by atoms with Gasteiger partial charge in [0.15, 0.2) is 0 Å². The molecule has 0 amide bonds. The van der Waals surface area contributed by atoms with E-state index in [1.54, 1.807) is 4.90 Å². The minimum Gasteiger partial charge on any atom is -0.365 e. The van der Waals surface area contributed by atoms with Crippen molar-refractivity contribution in [2.24, 2.45) is 0 Å². The van der Waals surface area contributed by atoms with Gasteiger partial charge in [-0.15, -0.1) is 0 Å². The molecule has 2 fully saturated rings. The Morgan fingerprint density at radius 3 is 2.50 bits per heavy atom. The lowest BCUT2D eigenvalue weighted by Gasteiger charge is -2.31. The minimum absolute atomic E-state index is 0.0694. The minimum atomic E-state index is -4.46. The molecule has 3 rings (SSSR count). The van der Waals surface area contributed by atoms with Crippen LogP contribution in [0, 0.1) is 11.8 Å². The highest BCUT2D eigenvalue weighted by Gasteiger charge is 2.33. The van der Waals surface area contributed by atoms with E-state index in [0.29, 0.717) is 19.7 Å². The Kier molecular flexibility index (Phi) is 7.10. The van der Waals surface area contributed by atoms with Crippen LogP contribution in [0.4, 0.5) is 19.1 Å². The third kappa shape index (κ3) is 6.06. The number of alkyl halides is 3. The van der Waals surface area contributed by atoms with Crippen molar-refractivity contribution in [3.05, 3.63) is 18.0 Å². The van der Waals surface area contributed by atoms with Gasteiger partial charge >= 0.3 is 6.18 Å². The van der Waals surface area contributed by atoms with Crippen molar-refractivity contribution < 1.29 is 17.9 Å². The number of nitrogens with zero attached hydrogens (tertiary/aromatic N) is 5. The van der Waals surface area contributed by atoms with Crippen molar-refractivity contribution in [1.82, 2.24) is 19.8 Å². The zero-order valence-corrected chi connectivity index (χ0v) is 16.1. The van der Waals surface area contributed by atoms with Crippen LogP contribution in [0.3, 0.4) is 0 Å². The maximum atomic E-state index is 12.8. The van der Waals surface area contributed by atoms with E-state index in [4.69, 9.17) is 4.74 Å². The van der Waals surface area contributed by atoms with Gasteiger partial charge in [-0.25, -0.2) is 9.97 Å². The molecule has 0 bridgehead atoms. The largest absolute Gasteiger partial charge is 0.433 e. The zero-order chi connectivity index (χ0) is 20.0. The fraction of sp³-hybridized carbons (Fsp3) is 0.684. The van der Waals surface area contributed by atoms with E-state index >= 15 is 0 Å². The molecule has 2 aliphatic heterocycles. The van der Waals surface area contributed by atoms with Gasteiger partial charge in [0.1, 0.15) is 12.3 Å². The SMILES string of the molecule is CN1CCN(CC#CCOC2CCN(c3nccc(C(F)(F)F)n3)CC2)CC1. The molecule has 0 spiro atoms. The van der Waals surface area contributed by atoms with E-state index in [9.17, 15) is 13.2 Å². The molecular weight excluding hydrogens is 371 g/mol. The first kappa shape index (κ1) is 20.8. The smallest absolute Gasteiger partial charge is 0.365 e. The van der Waals surface area contributed by atoms with Gasteiger partial charge in [0.25, 0.3) is 0 Å².